The van der Waals surface area contributed by atoms with Crippen molar-refractivity contribution in [1.29, 1.82) is 5.26 Å². The van der Waals surface area contributed by atoms with Crippen LogP contribution in [-0.4, -0.2) is 12.6 Å². The fourth-order valence-electron chi connectivity index (χ4n) is 0.847. The second-order valence-corrected chi connectivity index (χ2v) is 2.33. The Kier molecular flexibility index (Phi) is 1.91. The van der Waals surface area contributed by atoms with E-state index in [1.165, 1.54) is 0 Å². The Hall–Kier alpha value is -1.04. The Morgan fingerprint density at radius 2 is 2.60 bits per heavy atom. The lowest BCUT2D eigenvalue weighted by atomic mass is 10.3. The summed E-state index contributed by atoms with van der Waals surface area (Å²) < 4.78 is 4.71. The molecule has 0 unspecified atom stereocenters. The standard InChI is InChI=1S/C7H9NO2/c1-2-10-7(9)6-3-5(6)4-8/h5-6H,2-3H2,1H3/t5-,6+/m0/s1. The van der Waals surface area contributed by atoms with E-state index in [9.17, 15) is 4.79 Å². The molecule has 3 heteroatoms. The van der Waals surface area contributed by atoms with E-state index in [1.54, 1.807) is 6.92 Å². The van der Waals surface area contributed by atoms with Gasteiger partial charge in [0.1, 0.15) is 0 Å². The predicted octanol–water partition coefficient (Wildman–Crippen LogP) is 0.709. The molecule has 1 aliphatic rings. The summed E-state index contributed by atoms with van der Waals surface area (Å²) in [6, 6.07) is 2.03. The van der Waals surface area contributed by atoms with Gasteiger partial charge in [-0.15, -0.1) is 0 Å². The summed E-state index contributed by atoms with van der Waals surface area (Å²) in [5, 5.41) is 8.34. The molecule has 0 aromatic carbocycles. The van der Waals surface area contributed by atoms with Crippen molar-refractivity contribution in [2.24, 2.45) is 11.8 Å². The first-order chi connectivity index (χ1) is 4.79. The molecule has 0 spiro atoms. The summed E-state index contributed by atoms with van der Waals surface area (Å²) in [6.07, 6.45) is 0.690. The molecule has 0 heterocycles. The van der Waals surface area contributed by atoms with Gasteiger partial charge in [-0.05, 0) is 13.3 Å². The first-order valence-corrected chi connectivity index (χ1v) is 3.35. The first kappa shape index (κ1) is 7.07. The molecule has 54 valence electrons. The molecule has 1 rings (SSSR count). The van der Waals surface area contributed by atoms with Crippen molar-refractivity contribution in [2.45, 2.75) is 13.3 Å². The lowest BCUT2D eigenvalue weighted by Gasteiger charge is -1.96. The van der Waals surface area contributed by atoms with E-state index >= 15 is 0 Å². The summed E-state index contributed by atoms with van der Waals surface area (Å²) in [5.41, 5.74) is 0. The number of ether oxygens (including phenoxy) is 1. The van der Waals surface area contributed by atoms with Crippen LogP contribution in [0, 0.1) is 23.2 Å². The molecule has 0 radical (unpaired) electrons. The predicted molar refractivity (Wildman–Crippen MR) is 33.8 cm³/mol. The van der Waals surface area contributed by atoms with Crippen LogP contribution in [0.4, 0.5) is 0 Å². The van der Waals surface area contributed by atoms with Crippen molar-refractivity contribution < 1.29 is 9.53 Å². The summed E-state index contributed by atoms with van der Waals surface area (Å²) in [6.45, 7) is 2.18. The van der Waals surface area contributed by atoms with Gasteiger partial charge in [-0.2, -0.15) is 5.26 Å². The molecule has 0 saturated heterocycles. The molecule has 0 N–H and O–H groups in total. The van der Waals surface area contributed by atoms with Gasteiger partial charge in [0.2, 0.25) is 0 Å². The number of hydrogen-bond acceptors (Lipinski definition) is 3. The second-order valence-electron chi connectivity index (χ2n) is 2.33. The second kappa shape index (κ2) is 2.70. The summed E-state index contributed by atoms with van der Waals surface area (Å²) in [5.74, 6) is -0.405. The average molecular weight is 139 g/mol. The molecule has 2 atom stereocenters. The van der Waals surface area contributed by atoms with Crippen molar-refractivity contribution in [3.8, 4) is 6.07 Å². The highest BCUT2D eigenvalue weighted by Crippen LogP contribution is 2.38. The van der Waals surface area contributed by atoms with Gasteiger partial charge in [0.25, 0.3) is 0 Å². The molecule has 0 bridgehead atoms. The van der Waals surface area contributed by atoms with Crippen LogP contribution in [0.15, 0.2) is 0 Å². The number of rotatable bonds is 2. The molecule has 1 fully saturated rings. The molecule has 1 aliphatic carbocycles. The average Bonchev–Trinajstić information content (AvgIpc) is 2.66. The maximum Gasteiger partial charge on any atom is 0.310 e. The van der Waals surface area contributed by atoms with Gasteiger partial charge in [-0.1, -0.05) is 0 Å². The molecule has 1 saturated carbocycles. The molecular formula is C7H9NO2. The van der Waals surface area contributed by atoms with Crippen LogP contribution in [0.1, 0.15) is 13.3 Å². The Bertz CT molecular complexity index is 183. The van der Waals surface area contributed by atoms with E-state index < -0.39 is 0 Å². The lowest BCUT2D eigenvalue weighted by molar-refractivity contribution is -0.144. The van der Waals surface area contributed by atoms with E-state index in [4.69, 9.17) is 10.00 Å². The zero-order valence-corrected chi connectivity index (χ0v) is 5.83. The van der Waals surface area contributed by atoms with E-state index in [1.807, 2.05) is 6.07 Å². The van der Waals surface area contributed by atoms with Crippen molar-refractivity contribution in [3.63, 3.8) is 0 Å². The van der Waals surface area contributed by atoms with Gasteiger partial charge in [0.05, 0.1) is 24.5 Å². The maximum absolute atomic E-state index is 10.8. The number of carbonyl (C=O) groups is 1. The number of nitrogens with zero attached hydrogens (tertiary/aromatic N) is 1. The highest BCUT2D eigenvalue weighted by Gasteiger charge is 2.44. The van der Waals surface area contributed by atoms with Crippen LogP contribution in [0.25, 0.3) is 0 Å². The van der Waals surface area contributed by atoms with Gasteiger partial charge in [-0.25, -0.2) is 0 Å². The Morgan fingerprint density at radius 1 is 1.90 bits per heavy atom. The van der Waals surface area contributed by atoms with Gasteiger partial charge in [-0.3, -0.25) is 4.79 Å². The molecule has 3 nitrogen and oxygen atoms in total. The molecule has 0 aromatic heterocycles. The molecule has 0 aliphatic heterocycles. The van der Waals surface area contributed by atoms with Crippen molar-refractivity contribution in [3.05, 3.63) is 0 Å². The first-order valence-electron chi connectivity index (χ1n) is 3.35. The zero-order valence-electron chi connectivity index (χ0n) is 5.83. The highest BCUT2D eigenvalue weighted by atomic mass is 16.5. The summed E-state index contributed by atoms with van der Waals surface area (Å²) >= 11 is 0. The topological polar surface area (TPSA) is 50.1 Å². The van der Waals surface area contributed by atoms with E-state index in [-0.39, 0.29) is 17.8 Å². The number of esters is 1. The fourth-order valence-corrected chi connectivity index (χ4v) is 0.847. The third-order valence-electron chi connectivity index (χ3n) is 1.55. The highest BCUT2D eigenvalue weighted by molar-refractivity contribution is 5.76. The third-order valence-corrected chi connectivity index (χ3v) is 1.55. The van der Waals surface area contributed by atoms with Gasteiger partial charge < -0.3 is 4.74 Å². The van der Waals surface area contributed by atoms with Gasteiger partial charge in [0.15, 0.2) is 0 Å². The SMILES string of the molecule is CCOC(=O)[C@@H]1C[C@H]1C#N. The molecule has 10 heavy (non-hydrogen) atoms. The van der Waals surface area contributed by atoms with E-state index in [0.717, 1.165) is 0 Å². The third kappa shape index (κ3) is 1.27. The Balaban J connectivity index is 2.27. The van der Waals surface area contributed by atoms with Crippen LogP contribution in [0.2, 0.25) is 0 Å². The van der Waals surface area contributed by atoms with Gasteiger partial charge in [0, 0.05) is 0 Å². The van der Waals surface area contributed by atoms with Crippen LogP contribution >= 0.6 is 0 Å². The lowest BCUT2D eigenvalue weighted by Crippen LogP contribution is -2.06. The number of nitriles is 1. The molecule has 0 aromatic rings. The Labute approximate surface area is 59.6 Å². The smallest absolute Gasteiger partial charge is 0.310 e. The largest absolute Gasteiger partial charge is 0.466 e. The van der Waals surface area contributed by atoms with Crippen molar-refractivity contribution >= 4 is 5.97 Å². The quantitative estimate of drug-likeness (QED) is 0.529. The van der Waals surface area contributed by atoms with E-state index in [0.29, 0.717) is 13.0 Å². The molecule has 0 amide bonds. The minimum absolute atomic E-state index is 0.0703. The minimum atomic E-state index is -0.214. The zero-order chi connectivity index (χ0) is 7.56. The molecular weight excluding hydrogens is 130 g/mol. The summed E-state index contributed by atoms with van der Waals surface area (Å²) in [4.78, 5) is 10.8. The van der Waals surface area contributed by atoms with Crippen molar-refractivity contribution in [1.82, 2.24) is 0 Å². The Morgan fingerprint density at radius 3 is 3.00 bits per heavy atom. The van der Waals surface area contributed by atoms with Crippen LogP contribution < -0.4 is 0 Å². The maximum atomic E-state index is 10.8. The van der Waals surface area contributed by atoms with Crippen LogP contribution in [-0.2, 0) is 9.53 Å². The monoisotopic (exact) mass is 139 g/mol. The van der Waals surface area contributed by atoms with Crippen LogP contribution in [0.3, 0.4) is 0 Å². The number of hydrogen-bond donors (Lipinski definition) is 0. The number of carbonyl (C=O) groups excluding carboxylic acids is 1. The van der Waals surface area contributed by atoms with Crippen LogP contribution in [0.5, 0.6) is 0 Å². The minimum Gasteiger partial charge on any atom is -0.466 e. The van der Waals surface area contributed by atoms with E-state index in [2.05, 4.69) is 0 Å². The normalized spacial score (nSPS) is 28.8. The summed E-state index contributed by atoms with van der Waals surface area (Å²) in [7, 11) is 0. The van der Waals surface area contributed by atoms with Gasteiger partial charge >= 0.3 is 5.97 Å². The fraction of sp³-hybridized carbons (Fsp3) is 0.714. The van der Waals surface area contributed by atoms with Crippen molar-refractivity contribution in [2.75, 3.05) is 6.61 Å².